The fraction of sp³-hybridized carbons (Fsp3) is 1.00. The highest BCUT2D eigenvalue weighted by Crippen LogP contribution is 2.43. The summed E-state index contributed by atoms with van der Waals surface area (Å²) in [7, 11) is -7.44. The van der Waals surface area contributed by atoms with E-state index in [9.17, 15) is 25.7 Å². The lowest BCUT2D eigenvalue weighted by Gasteiger charge is -1.96. The van der Waals surface area contributed by atoms with E-state index in [0.29, 0.717) is 12.8 Å². The normalized spacial score (nSPS) is 23.2. The van der Waals surface area contributed by atoms with Crippen molar-refractivity contribution in [3.63, 3.8) is 0 Å². The van der Waals surface area contributed by atoms with Crippen molar-refractivity contribution in [3.05, 3.63) is 0 Å². The Labute approximate surface area is 92.2 Å². The standard InChI is InChI=1S/2C3H6FNO2S/c4-5-8(6,7)3-1-2-3;4-3(1-2-3)8(5,6)7/h3,5H,1-2H2;1-2H2,(H2,5,6,7). The molecule has 2 aliphatic rings. The number of nitrogens with one attached hydrogen (secondary N) is 1. The molecule has 0 amide bonds. The lowest BCUT2D eigenvalue weighted by atomic mass is 10.9. The monoisotopic (exact) mass is 278 g/mol. The minimum absolute atomic E-state index is 0.0613. The van der Waals surface area contributed by atoms with Crippen molar-refractivity contribution in [3.8, 4) is 0 Å². The van der Waals surface area contributed by atoms with E-state index in [1.807, 2.05) is 0 Å². The van der Waals surface area contributed by atoms with Gasteiger partial charge in [0.1, 0.15) is 0 Å². The Morgan fingerprint density at radius 3 is 1.69 bits per heavy atom. The second kappa shape index (κ2) is 4.17. The van der Waals surface area contributed by atoms with Crippen molar-refractivity contribution >= 4 is 20.0 Å². The van der Waals surface area contributed by atoms with Crippen LogP contribution in [-0.2, 0) is 20.0 Å². The fourth-order valence-corrected chi connectivity index (χ4v) is 2.38. The molecule has 2 rings (SSSR count). The van der Waals surface area contributed by atoms with Crippen LogP contribution in [0.1, 0.15) is 25.7 Å². The van der Waals surface area contributed by atoms with Gasteiger partial charge in [0, 0.05) is 12.8 Å². The third kappa shape index (κ3) is 3.34. The van der Waals surface area contributed by atoms with Crippen LogP contribution in [0, 0.1) is 0 Å². The number of hydrogen-bond acceptors (Lipinski definition) is 4. The molecule has 96 valence electrons. The molecule has 0 aliphatic heterocycles. The fourth-order valence-electron chi connectivity index (χ4n) is 0.824. The molecule has 0 atom stereocenters. The van der Waals surface area contributed by atoms with Crippen molar-refractivity contribution in [2.24, 2.45) is 5.14 Å². The van der Waals surface area contributed by atoms with Gasteiger partial charge >= 0.3 is 0 Å². The predicted octanol–water partition coefficient (Wildman–Crippen LogP) is -0.313. The zero-order valence-corrected chi connectivity index (χ0v) is 9.82. The lowest BCUT2D eigenvalue weighted by molar-refractivity contribution is 0.403. The highest BCUT2D eigenvalue weighted by molar-refractivity contribution is 7.90. The Kier molecular flexibility index (Phi) is 3.58. The molecule has 0 heterocycles. The highest BCUT2D eigenvalue weighted by atomic mass is 32.2. The number of nitrogens with two attached hydrogens (primary N) is 1. The summed E-state index contributed by atoms with van der Waals surface area (Å²) in [5.74, 6) is 0. The highest BCUT2D eigenvalue weighted by Gasteiger charge is 2.54. The van der Waals surface area contributed by atoms with Crippen LogP contribution in [0.2, 0.25) is 0 Å². The van der Waals surface area contributed by atoms with Gasteiger partial charge in [0.2, 0.25) is 25.0 Å². The number of sulfonamides is 2. The van der Waals surface area contributed by atoms with Gasteiger partial charge in [0.15, 0.2) is 0 Å². The molecule has 0 unspecified atom stereocenters. The minimum atomic E-state index is -3.90. The first-order valence-corrected chi connectivity index (χ1v) is 7.54. The Morgan fingerprint density at radius 1 is 1.19 bits per heavy atom. The summed E-state index contributed by atoms with van der Waals surface area (Å²) in [6, 6.07) is 0. The van der Waals surface area contributed by atoms with Crippen LogP contribution in [0.15, 0.2) is 0 Å². The Morgan fingerprint density at radius 2 is 1.62 bits per heavy atom. The zero-order chi connectivity index (χ0) is 12.6. The molecule has 0 bridgehead atoms. The van der Waals surface area contributed by atoms with Gasteiger partial charge in [-0.25, -0.2) is 26.4 Å². The number of primary sulfonamides is 1. The van der Waals surface area contributed by atoms with Gasteiger partial charge in [-0.3, -0.25) is 0 Å². The van der Waals surface area contributed by atoms with E-state index in [0.717, 1.165) is 4.94 Å². The molecule has 2 aliphatic carbocycles. The number of hydrogen-bond donors (Lipinski definition) is 2. The Bertz CT molecular complexity index is 441. The van der Waals surface area contributed by atoms with Crippen LogP contribution < -0.4 is 10.1 Å². The van der Waals surface area contributed by atoms with Gasteiger partial charge in [0.25, 0.3) is 0 Å². The van der Waals surface area contributed by atoms with Crippen LogP contribution in [0.3, 0.4) is 0 Å². The summed E-state index contributed by atoms with van der Waals surface area (Å²) in [6.45, 7) is 0. The molecule has 0 spiro atoms. The van der Waals surface area contributed by atoms with Gasteiger partial charge < -0.3 is 0 Å². The maximum Gasteiger partial charge on any atom is 0.244 e. The maximum absolute atomic E-state index is 12.3. The van der Waals surface area contributed by atoms with Gasteiger partial charge in [-0.2, -0.15) is 0 Å². The minimum Gasteiger partial charge on any atom is -0.226 e. The molecular formula is C6H12F2N2O4S2. The van der Waals surface area contributed by atoms with Crippen LogP contribution in [-0.4, -0.2) is 27.1 Å². The molecule has 3 N–H and O–H groups in total. The molecule has 0 aromatic heterocycles. The van der Waals surface area contributed by atoms with Crippen molar-refractivity contribution in [2.75, 3.05) is 0 Å². The third-order valence-electron chi connectivity index (χ3n) is 2.22. The van der Waals surface area contributed by atoms with Gasteiger partial charge in [0.05, 0.1) is 5.25 Å². The van der Waals surface area contributed by atoms with Crippen LogP contribution in [0.5, 0.6) is 0 Å². The maximum atomic E-state index is 12.3. The van der Waals surface area contributed by atoms with Crippen molar-refractivity contribution < 1.29 is 25.7 Å². The molecule has 0 saturated heterocycles. The van der Waals surface area contributed by atoms with Gasteiger partial charge in [-0.05, 0) is 12.8 Å². The summed E-state index contributed by atoms with van der Waals surface area (Å²) in [5.41, 5.74) is 0. The summed E-state index contributed by atoms with van der Waals surface area (Å²) >= 11 is 0. The molecule has 10 heteroatoms. The summed E-state index contributed by atoms with van der Waals surface area (Å²) in [5, 5.41) is 1.96. The number of alkyl halides is 1. The first-order valence-electron chi connectivity index (χ1n) is 4.45. The van der Waals surface area contributed by atoms with Crippen molar-refractivity contribution in [1.82, 2.24) is 4.94 Å². The summed E-state index contributed by atoms with van der Waals surface area (Å²) in [4.78, 5) is 0.775. The van der Waals surface area contributed by atoms with E-state index in [2.05, 4.69) is 5.14 Å². The summed E-state index contributed by atoms with van der Waals surface area (Å²) < 4.78 is 64.3. The molecule has 2 fully saturated rings. The second-order valence-corrected chi connectivity index (χ2v) is 7.48. The van der Waals surface area contributed by atoms with Crippen LogP contribution in [0.25, 0.3) is 0 Å². The van der Waals surface area contributed by atoms with Crippen molar-refractivity contribution in [1.29, 1.82) is 0 Å². The molecule has 0 aromatic carbocycles. The van der Waals surface area contributed by atoms with E-state index in [-0.39, 0.29) is 12.8 Å². The van der Waals surface area contributed by atoms with Gasteiger partial charge in [-0.1, -0.05) is 4.94 Å². The van der Waals surface area contributed by atoms with Crippen molar-refractivity contribution in [2.45, 2.75) is 35.9 Å². The Hall–Kier alpha value is -0.320. The molecule has 2 saturated carbocycles. The quantitative estimate of drug-likeness (QED) is 0.690. The number of rotatable bonds is 3. The zero-order valence-electron chi connectivity index (χ0n) is 8.19. The van der Waals surface area contributed by atoms with E-state index in [1.165, 1.54) is 0 Å². The average Bonchev–Trinajstić information content (AvgIpc) is 2.96. The topological polar surface area (TPSA) is 106 Å². The van der Waals surface area contributed by atoms with Crippen LogP contribution >= 0.6 is 0 Å². The predicted molar refractivity (Wildman–Crippen MR) is 52.4 cm³/mol. The molecule has 6 nitrogen and oxygen atoms in total. The smallest absolute Gasteiger partial charge is 0.226 e. The average molecular weight is 278 g/mol. The largest absolute Gasteiger partial charge is 0.244 e. The second-order valence-electron chi connectivity index (χ2n) is 3.75. The van der Waals surface area contributed by atoms with E-state index < -0.39 is 30.3 Å². The first-order chi connectivity index (χ1) is 7.12. The molecule has 0 aromatic rings. The summed E-state index contributed by atoms with van der Waals surface area (Å²) in [6.07, 6.45) is 1.32. The van der Waals surface area contributed by atoms with Crippen LogP contribution in [0.4, 0.5) is 8.87 Å². The Balaban J connectivity index is 0.000000160. The lowest BCUT2D eigenvalue weighted by Crippen LogP contribution is -2.25. The SMILES string of the molecule is NS(=O)(=O)C1(F)CC1.O=S(=O)(NF)C1CC1. The number of halogens is 2. The van der Waals surface area contributed by atoms with E-state index in [4.69, 9.17) is 0 Å². The van der Waals surface area contributed by atoms with E-state index >= 15 is 0 Å². The van der Waals surface area contributed by atoms with E-state index in [1.54, 1.807) is 0 Å². The molecular weight excluding hydrogens is 266 g/mol. The third-order valence-corrected chi connectivity index (χ3v) is 5.22. The van der Waals surface area contributed by atoms with Gasteiger partial charge in [-0.15, -0.1) is 4.48 Å². The first kappa shape index (κ1) is 13.7. The molecule has 16 heavy (non-hydrogen) atoms. The molecule has 0 radical (unpaired) electrons.